The van der Waals surface area contributed by atoms with E-state index in [4.69, 9.17) is 4.74 Å². The molecule has 3 nitrogen and oxygen atoms in total. The molecule has 0 spiro atoms. The van der Waals surface area contributed by atoms with E-state index in [9.17, 15) is 0 Å². The van der Waals surface area contributed by atoms with Crippen LogP contribution in [0.5, 0.6) is 0 Å². The summed E-state index contributed by atoms with van der Waals surface area (Å²) in [5.41, 5.74) is 0. The number of nitrogens with one attached hydrogen (secondary N) is 2. The van der Waals surface area contributed by atoms with Gasteiger partial charge in [-0.3, -0.25) is 0 Å². The van der Waals surface area contributed by atoms with Gasteiger partial charge in [0.25, 0.3) is 0 Å². The second-order valence-electron chi connectivity index (χ2n) is 4.98. The van der Waals surface area contributed by atoms with Crippen molar-refractivity contribution in [3.05, 3.63) is 0 Å². The van der Waals surface area contributed by atoms with E-state index in [1.165, 1.54) is 51.7 Å². The maximum Gasteiger partial charge on any atom is 0.0601 e. The Kier molecular flexibility index (Phi) is 4.42. The van der Waals surface area contributed by atoms with Gasteiger partial charge < -0.3 is 15.4 Å². The number of hydrogen-bond donors (Lipinski definition) is 2. The Morgan fingerprint density at radius 2 is 2.27 bits per heavy atom. The molecule has 1 atom stereocenters. The lowest BCUT2D eigenvalue weighted by molar-refractivity contribution is 0.0172. The van der Waals surface area contributed by atoms with Gasteiger partial charge in [-0.1, -0.05) is 0 Å². The zero-order valence-corrected chi connectivity index (χ0v) is 9.80. The molecule has 88 valence electrons. The van der Waals surface area contributed by atoms with Crippen LogP contribution in [0.1, 0.15) is 32.1 Å². The quantitative estimate of drug-likeness (QED) is 0.717. The highest BCUT2D eigenvalue weighted by Gasteiger charge is 2.28. The van der Waals surface area contributed by atoms with Gasteiger partial charge in [-0.25, -0.2) is 0 Å². The van der Waals surface area contributed by atoms with Crippen LogP contribution in [-0.4, -0.2) is 38.9 Å². The minimum absolute atomic E-state index is 0.527. The summed E-state index contributed by atoms with van der Waals surface area (Å²) in [6.45, 7) is 3.64. The molecule has 2 fully saturated rings. The third-order valence-electron chi connectivity index (χ3n) is 3.81. The van der Waals surface area contributed by atoms with E-state index in [2.05, 4.69) is 10.6 Å². The lowest BCUT2D eigenvalue weighted by atomic mass is 9.88. The molecular formula is C12H24N2O. The van der Waals surface area contributed by atoms with Crippen molar-refractivity contribution < 1.29 is 4.74 Å². The Morgan fingerprint density at radius 1 is 1.40 bits per heavy atom. The fourth-order valence-corrected chi connectivity index (χ4v) is 2.59. The van der Waals surface area contributed by atoms with E-state index in [1.54, 1.807) is 0 Å². The third-order valence-corrected chi connectivity index (χ3v) is 3.81. The minimum atomic E-state index is 0.527. The van der Waals surface area contributed by atoms with Crippen LogP contribution < -0.4 is 10.6 Å². The van der Waals surface area contributed by atoms with E-state index in [0.717, 1.165) is 12.0 Å². The van der Waals surface area contributed by atoms with E-state index in [0.29, 0.717) is 6.10 Å². The SMILES string of the molecule is COC1CC(NCCC2CCCNC2)C1. The van der Waals surface area contributed by atoms with Gasteiger partial charge in [0.2, 0.25) is 0 Å². The molecule has 0 aromatic carbocycles. The fraction of sp³-hybridized carbons (Fsp3) is 1.00. The normalized spacial score (nSPS) is 36.2. The largest absolute Gasteiger partial charge is 0.381 e. The monoisotopic (exact) mass is 212 g/mol. The molecule has 2 N–H and O–H groups in total. The molecule has 0 amide bonds. The molecule has 0 aromatic rings. The molecule has 15 heavy (non-hydrogen) atoms. The molecule has 1 aliphatic carbocycles. The van der Waals surface area contributed by atoms with Crippen LogP contribution in [0.15, 0.2) is 0 Å². The van der Waals surface area contributed by atoms with Crippen LogP contribution in [0.4, 0.5) is 0 Å². The topological polar surface area (TPSA) is 33.3 Å². The van der Waals surface area contributed by atoms with E-state index < -0.39 is 0 Å². The lowest BCUT2D eigenvalue weighted by Crippen LogP contribution is -2.45. The summed E-state index contributed by atoms with van der Waals surface area (Å²) in [5, 5.41) is 7.09. The van der Waals surface area contributed by atoms with Gasteiger partial charge in [0, 0.05) is 13.2 Å². The number of piperidine rings is 1. The van der Waals surface area contributed by atoms with Crippen molar-refractivity contribution in [2.75, 3.05) is 26.7 Å². The Labute approximate surface area is 93.0 Å². The van der Waals surface area contributed by atoms with Crippen LogP contribution in [0.3, 0.4) is 0 Å². The fourth-order valence-electron chi connectivity index (χ4n) is 2.59. The Balaban J connectivity index is 1.48. The summed E-state index contributed by atoms with van der Waals surface area (Å²) in [7, 11) is 1.81. The summed E-state index contributed by atoms with van der Waals surface area (Å²) >= 11 is 0. The standard InChI is InChI=1S/C12H24N2O/c1-15-12-7-11(8-12)14-6-4-10-3-2-5-13-9-10/h10-14H,2-9H2,1H3. The van der Waals surface area contributed by atoms with Gasteiger partial charge in [0.1, 0.15) is 0 Å². The minimum Gasteiger partial charge on any atom is -0.381 e. The zero-order valence-electron chi connectivity index (χ0n) is 9.80. The molecule has 2 rings (SSSR count). The van der Waals surface area contributed by atoms with Crippen molar-refractivity contribution in [3.8, 4) is 0 Å². The number of methoxy groups -OCH3 is 1. The van der Waals surface area contributed by atoms with Crippen molar-refractivity contribution in [1.82, 2.24) is 10.6 Å². The Hall–Kier alpha value is -0.120. The van der Waals surface area contributed by atoms with Crippen molar-refractivity contribution in [2.24, 2.45) is 5.92 Å². The van der Waals surface area contributed by atoms with Gasteiger partial charge in [-0.2, -0.15) is 0 Å². The second-order valence-corrected chi connectivity index (χ2v) is 4.98. The molecule has 1 saturated carbocycles. The summed E-state index contributed by atoms with van der Waals surface area (Å²) in [4.78, 5) is 0. The van der Waals surface area contributed by atoms with Crippen molar-refractivity contribution in [3.63, 3.8) is 0 Å². The molecule has 1 saturated heterocycles. The van der Waals surface area contributed by atoms with Crippen LogP contribution in [0.2, 0.25) is 0 Å². The molecule has 0 radical (unpaired) electrons. The molecule has 0 aromatic heterocycles. The van der Waals surface area contributed by atoms with Crippen molar-refractivity contribution in [2.45, 2.75) is 44.2 Å². The summed E-state index contributed by atoms with van der Waals surface area (Å²) in [6.07, 6.45) is 7.05. The van der Waals surface area contributed by atoms with E-state index in [1.807, 2.05) is 7.11 Å². The number of rotatable bonds is 5. The Morgan fingerprint density at radius 3 is 2.93 bits per heavy atom. The van der Waals surface area contributed by atoms with Crippen LogP contribution in [0.25, 0.3) is 0 Å². The van der Waals surface area contributed by atoms with Crippen LogP contribution in [-0.2, 0) is 4.74 Å². The average Bonchev–Trinajstić information content (AvgIpc) is 2.23. The van der Waals surface area contributed by atoms with Gasteiger partial charge in [0.05, 0.1) is 6.10 Å². The van der Waals surface area contributed by atoms with Crippen molar-refractivity contribution in [1.29, 1.82) is 0 Å². The predicted octanol–water partition coefficient (Wildman–Crippen LogP) is 1.14. The summed E-state index contributed by atoms with van der Waals surface area (Å²) in [6, 6.07) is 0.728. The Bertz CT molecular complexity index is 174. The smallest absolute Gasteiger partial charge is 0.0601 e. The van der Waals surface area contributed by atoms with Gasteiger partial charge in [-0.15, -0.1) is 0 Å². The zero-order chi connectivity index (χ0) is 10.5. The molecule has 1 heterocycles. The summed E-state index contributed by atoms with van der Waals surface area (Å²) < 4.78 is 5.26. The first kappa shape index (κ1) is 11.4. The maximum absolute atomic E-state index is 5.26. The lowest BCUT2D eigenvalue weighted by Gasteiger charge is -2.35. The van der Waals surface area contributed by atoms with Crippen molar-refractivity contribution >= 4 is 0 Å². The van der Waals surface area contributed by atoms with Crippen LogP contribution in [0, 0.1) is 5.92 Å². The van der Waals surface area contributed by atoms with E-state index >= 15 is 0 Å². The molecule has 0 bridgehead atoms. The van der Waals surface area contributed by atoms with Gasteiger partial charge >= 0.3 is 0 Å². The highest BCUT2D eigenvalue weighted by atomic mass is 16.5. The summed E-state index contributed by atoms with van der Waals surface area (Å²) in [5.74, 6) is 0.907. The second kappa shape index (κ2) is 5.83. The highest BCUT2D eigenvalue weighted by molar-refractivity contribution is 4.85. The third kappa shape index (κ3) is 3.44. The molecule has 1 unspecified atom stereocenters. The maximum atomic E-state index is 5.26. The molecule has 2 aliphatic rings. The van der Waals surface area contributed by atoms with Gasteiger partial charge in [-0.05, 0) is 57.7 Å². The number of hydrogen-bond acceptors (Lipinski definition) is 3. The molecule has 3 heteroatoms. The molecule has 1 aliphatic heterocycles. The molecular weight excluding hydrogens is 188 g/mol. The first-order chi connectivity index (χ1) is 7.38. The van der Waals surface area contributed by atoms with Crippen LogP contribution >= 0.6 is 0 Å². The number of ether oxygens (including phenoxy) is 1. The van der Waals surface area contributed by atoms with E-state index in [-0.39, 0.29) is 0 Å². The van der Waals surface area contributed by atoms with Gasteiger partial charge in [0.15, 0.2) is 0 Å². The first-order valence-electron chi connectivity index (χ1n) is 6.35. The predicted molar refractivity (Wildman–Crippen MR) is 62.0 cm³/mol. The first-order valence-corrected chi connectivity index (χ1v) is 6.35. The average molecular weight is 212 g/mol. The highest BCUT2D eigenvalue weighted by Crippen LogP contribution is 2.22.